The molecule has 112 valence electrons. The number of benzene rings is 1. The molecule has 1 aliphatic rings. The van der Waals surface area contributed by atoms with Gasteiger partial charge in [0.05, 0.1) is 0 Å². The first-order valence-corrected chi connectivity index (χ1v) is 7.74. The molecule has 3 nitrogen and oxygen atoms in total. The van der Waals surface area contributed by atoms with E-state index in [4.69, 9.17) is 0 Å². The second-order valence-electron chi connectivity index (χ2n) is 6.30. The van der Waals surface area contributed by atoms with Crippen molar-refractivity contribution in [1.82, 2.24) is 10.2 Å². The molecule has 0 spiro atoms. The number of likely N-dealkylation sites (N-methyl/N-ethyl adjacent to an activating group) is 1. The average Bonchev–Trinajstić information content (AvgIpc) is 2.79. The minimum absolute atomic E-state index is 0.664. The van der Waals surface area contributed by atoms with Crippen molar-refractivity contribution in [2.45, 2.75) is 33.4 Å². The number of nitrogens with zero attached hydrogens (tertiary/aromatic N) is 2. The molecular weight excluding hydrogens is 246 g/mol. The average molecular weight is 275 g/mol. The van der Waals surface area contributed by atoms with Crippen LogP contribution in [0.1, 0.15) is 25.0 Å². The van der Waals surface area contributed by atoms with Gasteiger partial charge < -0.3 is 15.1 Å². The Bertz CT molecular complexity index is 442. The van der Waals surface area contributed by atoms with Crippen LogP contribution in [-0.2, 0) is 6.54 Å². The van der Waals surface area contributed by atoms with Gasteiger partial charge in [-0.25, -0.2) is 0 Å². The Hall–Kier alpha value is -1.06. The van der Waals surface area contributed by atoms with E-state index in [0.717, 1.165) is 32.1 Å². The van der Waals surface area contributed by atoms with Crippen LogP contribution < -0.4 is 10.2 Å². The fourth-order valence-electron chi connectivity index (χ4n) is 3.17. The van der Waals surface area contributed by atoms with Gasteiger partial charge in [-0.3, -0.25) is 0 Å². The highest BCUT2D eigenvalue weighted by atomic mass is 15.2. The van der Waals surface area contributed by atoms with Gasteiger partial charge in [-0.2, -0.15) is 0 Å². The summed E-state index contributed by atoms with van der Waals surface area (Å²) in [6, 6.07) is 7.57. The van der Waals surface area contributed by atoms with E-state index in [1.807, 2.05) is 0 Å². The molecule has 0 amide bonds. The lowest BCUT2D eigenvalue weighted by molar-refractivity contribution is 0.266. The number of aryl methyl sites for hydroxylation is 1. The van der Waals surface area contributed by atoms with E-state index in [-0.39, 0.29) is 0 Å². The van der Waals surface area contributed by atoms with Crippen molar-refractivity contribution < 1.29 is 0 Å². The lowest BCUT2D eigenvalue weighted by Gasteiger charge is -2.23. The van der Waals surface area contributed by atoms with Gasteiger partial charge in [0.2, 0.25) is 0 Å². The van der Waals surface area contributed by atoms with E-state index in [9.17, 15) is 0 Å². The number of hydrogen-bond donors (Lipinski definition) is 1. The highest BCUT2D eigenvalue weighted by Crippen LogP contribution is 2.27. The van der Waals surface area contributed by atoms with E-state index >= 15 is 0 Å². The van der Waals surface area contributed by atoms with Crippen LogP contribution in [0.3, 0.4) is 0 Å². The SMILES string of the molecule is CCNCc1ccc(N2CC(C)C(N(C)C)C2)cc1C. The van der Waals surface area contributed by atoms with Crippen LogP contribution in [-0.4, -0.2) is 44.7 Å². The molecule has 0 aliphatic carbocycles. The molecular formula is C17H29N3. The van der Waals surface area contributed by atoms with Crippen LogP contribution in [0, 0.1) is 12.8 Å². The molecule has 1 aromatic carbocycles. The van der Waals surface area contributed by atoms with Crippen LogP contribution >= 0.6 is 0 Å². The predicted octanol–water partition coefficient (Wildman–Crippen LogP) is 2.49. The highest BCUT2D eigenvalue weighted by molar-refractivity contribution is 5.52. The third-order valence-corrected chi connectivity index (χ3v) is 4.49. The summed E-state index contributed by atoms with van der Waals surface area (Å²) in [6.45, 7) is 11.0. The summed E-state index contributed by atoms with van der Waals surface area (Å²) in [6.07, 6.45) is 0. The van der Waals surface area contributed by atoms with E-state index in [1.165, 1.54) is 16.8 Å². The fraction of sp³-hybridized carbons (Fsp3) is 0.647. The highest BCUT2D eigenvalue weighted by Gasteiger charge is 2.31. The first-order valence-electron chi connectivity index (χ1n) is 7.74. The van der Waals surface area contributed by atoms with E-state index < -0.39 is 0 Å². The molecule has 0 saturated carbocycles. The minimum Gasteiger partial charge on any atom is -0.370 e. The maximum Gasteiger partial charge on any atom is 0.0369 e. The Kier molecular flexibility index (Phi) is 5.06. The summed E-state index contributed by atoms with van der Waals surface area (Å²) in [5.41, 5.74) is 4.18. The summed E-state index contributed by atoms with van der Waals surface area (Å²) in [5, 5.41) is 3.40. The van der Waals surface area contributed by atoms with Crippen molar-refractivity contribution in [3.05, 3.63) is 29.3 Å². The number of anilines is 1. The molecule has 20 heavy (non-hydrogen) atoms. The lowest BCUT2D eigenvalue weighted by Crippen LogP contribution is -2.34. The number of hydrogen-bond acceptors (Lipinski definition) is 3. The van der Waals surface area contributed by atoms with Gasteiger partial charge in [-0.05, 0) is 56.7 Å². The monoisotopic (exact) mass is 275 g/mol. The Morgan fingerprint density at radius 2 is 2.05 bits per heavy atom. The van der Waals surface area contributed by atoms with Crippen molar-refractivity contribution in [3.63, 3.8) is 0 Å². The molecule has 0 aromatic heterocycles. The van der Waals surface area contributed by atoms with E-state index in [0.29, 0.717) is 6.04 Å². The summed E-state index contributed by atoms with van der Waals surface area (Å²) < 4.78 is 0. The Morgan fingerprint density at radius 1 is 1.30 bits per heavy atom. The van der Waals surface area contributed by atoms with E-state index in [2.05, 4.69) is 68.2 Å². The molecule has 0 bridgehead atoms. The van der Waals surface area contributed by atoms with Crippen molar-refractivity contribution in [1.29, 1.82) is 0 Å². The quantitative estimate of drug-likeness (QED) is 0.891. The maximum atomic E-state index is 3.40. The topological polar surface area (TPSA) is 18.5 Å². The van der Waals surface area contributed by atoms with Crippen LogP contribution in [0.15, 0.2) is 18.2 Å². The van der Waals surface area contributed by atoms with Crippen molar-refractivity contribution in [2.75, 3.05) is 38.6 Å². The summed E-state index contributed by atoms with van der Waals surface area (Å²) >= 11 is 0. The zero-order valence-corrected chi connectivity index (χ0v) is 13.6. The van der Waals surface area contributed by atoms with Gasteiger partial charge in [0.25, 0.3) is 0 Å². The molecule has 3 heteroatoms. The second-order valence-corrected chi connectivity index (χ2v) is 6.30. The maximum absolute atomic E-state index is 3.40. The van der Waals surface area contributed by atoms with Gasteiger partial charge in [0.1, 0.15) is 0 Å². The Labute approximate surface area is 124 Å². The van der Waals surface area contributed by atoms with Crippen molar-refractivity contribution in [2.24, 2.45) is 5.92 Å². The molecule has 2 atom stereocenters. The minimum atomic E-state index is 0.664. The number of nitrogens with one attached hydrogen (secondary N) is 1. The zero-order chi connectivity index (χ0) is 14.7. The molecule has 1 aliphatic heterocycles. The van der Waals surface area contributed by atoms with Crippen molar-refractivity contribution in [3.8, 4) is 0 Å². The van der Waals surface area contributed by atoms with Gasteiger partial charge in [-0.15, -0.1) is 0 Å². The first kappa shape index (κ1) is 15.3. The molecule has 1 saturated heterocycles. The zero-order valence-electron chi connectivity index (χ0n) is 13.6. The van der Waals surface area contributed by atoms with Gasteiger partial charge in [0.15, 0.2) is 0 Å². The molecule has 1 fully saturated rings. The smallest absolute Gasteiger partial charge is 0.0369 e. The second kappa shape index (κ2) is 6.59. The normalized spacial score (nSPS) is 22.8. The third-order valence-electron chi connectivity index (χ3n) is 4.49. The van der Waals surface area contributed by atoms with Crippen molar-refractivity contribution >= 4 is 5.69 Å². The van der Waals surface area contributed by atoms with Crippen LogP contribution in [0.25, 0.3) is 0 Å². The Balaban J connectivity index is 2.09. The summed E-state index contributed by atoms with van der Waals surface area (Å²) in [4.78, 5) is 4.89. The molecule has 2 rings (SSSR count). The van der Waals surface area contributed by atoms with Gasteiger partial charge in [0, 0.05) is 31.4 Å². The molecule has 1 aromatic rings. The third kappa shape index (κ3) is 3.33. The Morgan fingerprint density at radius 3 is 2.60 bits per heavy atom. The standard InChI is InChI=1S/C17H29N3/c1-6-18-10-15-7-8-16(9-13(15)2)20-11-14(3)17(12-20)19(4)5/h7-9,14,17-18H,6,10-12H2,1-5H3. The molecule has 2 unspecified atom stereocenters. The van der Waals surface area contributed by atoms with Gasteiger partial charge >= 0.3 is 0 Å². The van der Waals surface area contributed by atoms with Crippen LogP contribution in [0.4, 0.5) is 5.69 Å². The lowest BCUT2D eigenvalue weighted by atomic mass is 10.1. The molecule has 0 radical (unpaired) electrons. The fourth-order valence-corrected chi connectivity index (χ4v) is 3.17. The molecule has 1 heterocycles. The molecule has 1 N–H and O–H groups in total. The largest absolute Gasteiger partial charge is 0.370 e. The first-order chi connectivity index (χ1) is 9.52. The predicted molar refractivity (Wildman–Crippen MR) is 87.4 cm³/mol. The van der Waals surface area contributed by atoms with Crippen LogP contribution in [0.5, 0.6) is 0 Å². The van der Waals surface area contributed by atoms with Gasteiger partial charge in [-0.1, -0.05) is 19.9 Å². The van der Waals surface area contributed by atoms with Crippen LogP contribution in [0.2, 0.25) is 0 Å². The summed E-state index contributed by atoms with van der Waals surface area (Å²) in [5.74, 6) is 0.728. The van der Waals surface area contributed by atoms with E-state index in [1.54, 1.807) is 0 Å². The number of rotatable bonds is 5. The summed E-state index contributed by atoms with van der Waals surface area (Å²) in [7, 11) is 4.38.